The molecule has 2 aliphatic carbocycles. The maximum atomic E-state index is 14.1. The van der Waals surface area contributed by atoms with E-state index in [1.54, 1.807) is 4.90 Å². The lowest BCUT2D eigenvalue weighted by molar-refractivity contribution is -0.149. The average molecular weight is 530 g/mol. The second-order valence-electron chi connectivity index (χ2n) is 12.6. The Morgan fingerprint density at radius 1 is 1.13 bits per heavy atom. The van der Waals surface area contributed by atoms with E-state index < -0.39 is 41.3 Å². The lowest BCUT2D eigenvalue weighted by atomic mass is 9.81. The van der Waals surface area contributed by atoms with Gasteiger partial charge in [0.1, 0.15) is 18.1 Å². The highest BCUT2D eigenvalue weighted by molar-refractivity contribution is 5.95. The number of carbonyl (C=O) groups excluding carboxylic acids is 5. The van der Waals surface area contributed by atoms with Gasteiger partial charge in [0.25, 0.3) is 0 Å². The van der Waals surface area contributed by atoms with Gasteiger partial charge in [-0.15, -0.1) is 0 Å². The van der Waals surface area contributed by atoms with E-state index in [1.807, 2.05) is 20.8 Å². The molecule has 0 aromatic carbocycles. The van der Waals surface area contributed by atoms with Crippen molar-refractivity contribution in [3.05, 3.63) is 12.2 Å². The smallest absolute Gasteiger partial charge is 0.246 e. The van der Waals surface area contributed by atoms with Crippen LogP contribution in [0.1, 0.15) is 40.0 Å². The van der Waals surface area contributed by atoms with E-state index in [4.69, 9.17) is 10.5 Å². The van der Waals surface area contributed by atoms with Gasteiger partial charge in [0.2, 0.25) is 29.5 Å². The fourth-order valence-electron chi connectivity index (χ4n) is 6.90. The third-order valence-electron chi connectivity index (χ3n) is 9.10. The fourth-order valence-corrected chi connectivity index (χ4v) is 6.90. The first-order valence-electron chi connectivity index (χ1n) is 13.7. The Labute approximate surface area is 222 Å². The minimum absolute atomic E-state index is 0.0754. The van der Waals surface area contributed by atoms with Gasteiger partial charge in [-0.2, -0.15) is 0 Å². The van der Waals surface area contributed by atoms with Crippen molar-refractivity contribution in [1.82, 2.24) is 20.9 Å². The van der Waals surface area contributed by atoms with Gasteiger partial charge in [-0.3, -0.25) is 24.0 Å². The first-order valence-corrected chi connectivity index (χ1v) is 13.7. The Hall–Kier alpha value is -2.95. The summed E-state index contributed by atoms with van der Waals surface area (Å²) in [6.07, 6.45) is 5.96. The molecule has 4 fully saturated rings. The minimum atomic E-state index is -1.02. The highest BCUT2D eigenvalue weighted by atomic mass is 16.5. The first kappa shape index (κ1) is 26.6. The number of hydrogen-bond acceptors (Lipinski definition) is 6. The van der Waals surface area contributed by atoms with E-state index in [1.165, 1.54) is 0 Å². The number of primary amides is 1. The third kappa shape index (κ3) is 4.81. The lowest BCUT2D eigenvalue weighted by Crippen LogP contribution is -2.61. The molecule has 0 unspecified atom stereocenters. The van der Waals surface area contributed by atoms with E-state index >= 15 is 0 Å². The van der Waals surface area contributed by atoms with E-state index in [-0.39, 0.29) is 47.8 Å². The SMILES string of the molecule is CC(C)(C)[C@H](NC(=O)C1COC1)C(=O)N1C[C@H]2[C@@H]([C@H]1C(=O)N[C@@H](C[C@@H]1CCNC1=O)C(N)=O)[C@H]1C=C[C@@H]2C1. The van der Waals surface area contributed by atoms with Crippen LogP contribution < -0.4 is 21.7 Å². The van der Waals surface area contributed by atoms with Crippen LogP contribution in [0.2, 0.25) is 0 Å². The van der Waals surface area contributed by atoms with Crippen LogP contribution in [-0.4, -0.2) is 78.9 Å². The van der Waals surface area contributed by atoms with Gasteiger partial charge in [-0.25, -0.2) is 0 Å². The third-order valence-corrected chi connectivity index (χ3v) is 9.10. The molecular weight excluding hydrogens is 490 g/mol. The number of hydrogen-bond donors (Lipinski definition) is 4. The number of ether oxygens (including phenoxy) is 1. The zero-order chi connectivity index (χ0) is 27.4. The molecule has 1 saturated carbocycles. The van der Waals surface area contributed by atoms with E-state index in [9.17, 15) is 24.0 Å². The van der Waals surface area contributed by atoms with Crippen LogP contribution in [0.4, 0.5) is 0 Å². The number of likely N-dealkylation sites (tertiary alicyclic amines) is 1. The summed E-state index contributed by atoms with van der Waals surface area (Å²) in [6.45, 7) is 7.27. The molecule has 5 rings (SSSR count). The Morgan fingerprint density at radius 3 is 2.42 bits per heavy atom. The highest BCUT2D eigenvalue weighted by Crippen LogP contribution is 2.54. The number of nitrogens with two attached hydrogens (primary N) is 1. The second-order valence-corrected chi connectivity index (χ2v) is 12.6. The van der Waals surface area contributed by atoms with Crippen molar-refractivity contribution < 1.29 is 28.7 Å². The molecule has 0 aromatic rings. The Kier molecular flexibility index (Phi) is 7.00. The van der Waals surface area contributed by atoms with Crippen LogP contribution in [0.15, 0.2) is 12.2 Å². The topological polar surface area (TPSA) is 160 Å². The fraction of sp³-hybridized carbons (Fsp3) is 0.741. The molecule has 3 aliphatic heterocycles. The second kappa shape index (κ2) is 9.98. The molecule has 0 aromatic heterocycles. The largest absolute Gasteiger partial charge is 0.380 e. The molecule has 5 amide bonds. The summed E-state index contributed by atoms with van der Waals surface area (Å²) in [5.41, 5.74) is 5.04. The number of carbonyl (C=O) groups is 5. The maximum Gasteiger partial charge on any atom is 0.246 e. The minimum Gasteiger partial charge on any atom is -0.380 e. The van der Waals surface area contributed by atoms with Crippen molar-refractivity contribution in [3.63, 3.8) is 0 Å². The summed E-state index contributed by atoms with van der Waals surface area (Å²) in [7, 11) is 0. The summed E-state index contributed by atoms with van der Waals surface area (Å²) in [4.78, 5) is 66.8. The molecule has 0 spiro atoms. The molecule has 208 valence electrons. The normalized spacial score (nSPS) is 33.3. The van der Waals surface area contributed by atoms with Crippen molar-refractivity contribution in [2.45, 2.75) is 58.2 Å². The van der Waals surface area contributed by atoms with Gasteiger partial charge in [0.05, 0.1) is 19.1 Å². The van der Waals surface area contributed by atoms with Gasteiger partial charge in [0.15, 0.2) is 0 Å². The summed E-state index contributed by atoms with van der Waals surface area (Å²) < 4.78 is 5.14. The molecule has 5 aliphatic rings. The summed E-state index contributed by atoms with van der Waals surface area (Å²) >= 11 is 0. The Morgan fingerprint density at radius 2 is 1.84 bits per heavy atom. The van der Waals surface area contributed by atoms with Crippen molar-refractivity contribution in [3.8, 4) is 0 Å². The van der Waals surface area contributed by atoms with Gasteiger partial charge in [-0.05, 0) is 48.3 Å². The summed E-state index contributed by atoms with van der Waals surface area (Å²) in [6, 6.07) is -2.64. The highest BCUT2D eigenvalue weighted by Gasteiger charge is 2.59. The molecule has 11 nitrogen and oxygen atoms in total. The van der Waals surface area contributed by atoms with Crippen LogP contribution in [0.5, 0.6) is 0 Å². The number of allylic oxidation sites excluding steroid dienone is 2. The van der Waals surface area contributed by atoms with Gasteiger partial charge >= 0.3 is 0 Å². The predicted octanol–water partition coefficient (Wildman–Crippen LogP) is -0.691. The number of nitrogens with zero attached hydrogens (tertiary/aromatic N) is 1. The standard InChI is InChI=1S/C27H39N5O6/c1-27(2,3)21(31-24(35)16-11-38-12-16)26(37)32-10-17-13-4-5-14(8-13)19(17)20(32)25(36)30-18(22(28)33)9-15-6-7-29-23(15)34/h4-5,13-21H,6-12H2,1-3H3,(H2,28,33)(H,29,34)(H,30,36)(H,31,35)/t13-,14+,15+,17-,18+,19+,20+,21-/m1/s1. The maximum absolute atomic E-state index is 14.1. The van der Waals surface area contributed by atoms with Crippen LogP contribution in [0.25, 0.3) is 0 Å². The van der Waals surface area contributed by atoms with E-state index in [0.29, 0.717) is 38.6 Å². The zero-order valence-electron chi connectivity index (χ0n) is 22.3. The molecule has 8 atom stereocenters. The van der Waals surface area contributed by atoms with Crippen LogP contribution >= 0.6 is 0 Å². The Balaban J connectivity index is 1.38. The van der Waals surface area contributed by atoms with Crippen LogP contribution in [0, 0.1) is 40.9 Å². The molecule has 38 heavy (non-hydrogen) atoms. The first-order chi connectivity index (χ1) is 18.0. The van der Waals surface area contributed by atoms with Gasteiger partial charge in [-0.1, -0.05) is 32.9 Å². The average Bonchev–Trinajstić information content (AvgIpc) is 3.57. The van der Waals surface area contributed by atoms with E-state index in [2.05, 4.69) is 28.1 Å². The number of rotatable bonds is 8. The quantitative estimate of drug-likeness (QED) is 0.305. The monoisotopic (exact) mass is 529 g/mol. The van der Waals surface area contributed by atoms with Crippen molar-refractivity contribution in [2.24, 2.45) is 46.7 Å². The van der Waals surface area contributed by atoms with Crippen LogP contribution in [0.3, 0.4) is 0 Å². The van der Waals surface area contributed by atoms with Crippen LogP contribution in [-0.2, 0) is 28.7 Å². The van der Waals surface area contributed by atoms with Crippen molar-refractivity contribution in [1.29, 1.82) is 0 Å². The van der Waals surface area contributed by atoms with Crippen molar-refractivity contribution >= 4 is 29.5 Å². The number of nitrogens with one attached hydrogen (secondary N) is 3. The van der Waals surface area contributed by atoms with Gasteiger partial charge in [0, 0.05) is 19.0 Å². The number of fused-ring (bicyclic) bond motifs is 5. The molecule has 3 heterocycles. The molecule has 0 radical (unpaired) electrons. The summed E-state index contributed by atoms with van der Waals surface area (Å²) in [5.74, 6) is -1.98. The Bertz CT molecular complexity index is 1050. The molecule has 5 N–H and O–H groups in total. The zero-order valence-corrected chi connectivity index (χ0v) is 22.3. The molecular formula is C27H39N5O6. The van der Waals surface area contributed by atoms with E-state index in [0.717, 1.165) is 6.42 Å². The number of amides is 5. The molecule has 3 saturated heterocycles. The van der Waals surface area contributed by atoms with Crippen molar-refractivity contribution in [2.75, 3.05) is 26.3 Å². The lowest BCUT2D eigenvalue weighted by Gasteiger charge is -2.38. The molecule has 2 bridgehead atoms. The molecule has 11 heteroatoms. The van der Waals surface area contributed by atoms with Gasteiger partial charge < -0.3 is 31.3 Å². The predicted molar refractivity (Wildman–Crippen MR) is 136 cm³/mol. The summed E-state index contributed by atoms with van der Waals surface area (Å²) in [5, 5.41) is 8.48.